The number of rotatable bonds is 5. The first kappa shape index (κ1) is 21.1. The van der Waals surface area contributed by atoms with Crippen LogP contribution in [0.4, 0.5) is 0 Å². The molecule has 0 saturated carbocycles. The van der Waals surface area contributed by atoms with E-state index in [4.69, 9.17) is 4.74 Å². The number of carbonyl (C=O) groups excluding carboxylic acids is 1. The van der Waals surface area contributed by atoms with Crippen LogP contribution in [0.3, 0.4) is 0 Å². The zero-order valence-corrected chi connectivity index (χ0v) is 18.8. The number of hydrogen-bond donors (Lipinski definition) is 0. The summed E-state index contributed by atoms with van der Waals surface area (Å²) in [4.78, 5) is 25.4. The van der Waals surface area contributed by atoms with Crippen molar-refractivity contribution < 1.29 is 9.53 Å². The highest BCUT2D eigenvalue weighted by atomic mass is 32.2. The lowest BCUT2D eigenvalue weighted by atomic mass is 10.1. The molecule has 0 unspecified atom stereocenters. The van der Waals surface area contributed by atoms with E-state index in [9.17, 15) is 9.59 Å². The largest absolute Gasteiger partial charge is 0.459 e. The fraction of sp³-hybridized carbons (Fsp3) is 0.304. The van der Waals surface area contributed by atoms with Gasteiger partial charge >= 0.3 is 5.97 Å². The molecule has 2 aromatic heterocycles. The highest BCUT2D eigenvalue weighted by Gasteiger charge is 2.20. The van der Waals surface area contributed by atoms with Gasteiger partial charge in [0.25, 0.3) is 5.56 Å². The third kappa shape index (κ3) is 4.49. The van der Waals surface area contributed by atoms with Gasteiger partial charge in [-0.3, -0.25) is 18.6 Å². The van der Waals surface area contributed by atoms with Crippen molar-refractivity contribution in [2.75, 3.05) is 5.75 Å². The lowest BCUT2D eigenvalue weighted by Crippen LogP contribution is -2.25. The number of aryl methyl sites for hydroxylation is 1. The van der Waals surface area contributed by atoms with Gasteiger partial charge in [0.05, 0.1) is 23.2 Å². The molecule has 0 radical (unpaired) electrons. The van der Waals surface area contributed by atoms with Crippen LogP contribution >= 0.6 is 11.8 Å². The molecule has 2 heterocycles. The molecule has 2 aromatic carbocycles. The van der Waals surface area contributed by atoms with Gasteiger partial charge in [0.2, 0.25) is 5.78 Å². The van der Waals surface area contributed by atoms with Crippen LogP contribution in [-0.4, -0.2) is 36.5 Å². The molecule has 0 atom stereocenters. The number of para-hydroxylation sites is 1. The summed E-state index contributed by atoms with van der Waals surface area (Å²) >= 11 is 1.24. The van der Waals surface area contributed by atoms with Gasteiger partial charge in [-0.15, -0.1) is 10.2 Å². The van der Waals surface area contributed by atoms with Crippen LogP contribution in [0.15, 0.2) is 58.5 Å². The van der Waals surface area contributed by atoms with E-state index in [1.807, 2.05) is 74.6 Å². The van der Waals surface area contributed by atoms with Crippen molar-refractivity contribution in [1.29, 1.82) is 0 Å². The van der Waals surface area contributed by atoms with Gasteiger partial charge in [-0.05, 0) is 45.4 Å². The first-order valence-corrected chi connectivity index (χ1v) is 11.0. The molecule has 8 heteroatoms. The highest BCUT2D eigenvalue weighted by molar-refractivity contribution is 7.99. The zero-order valence-electron chi connectivity index (χ0n) is 18.0. The molecule has 0 fully saturated rings. The Bertz CT molecular complexity index is 1320. The molecule has 31 heavy (non-hydrogen) atoms. The van der Waals surface area contributed by atoms with E-state index in [0.29, 0.717) is 28.4 Å². The second-order valence-corrected chi connectivity index (χ2v) is 9.33. The number of benzene rings is 2. The van der Waals surface area contributed by atoms with Crippen LogP contribution < -0.4 is 5.56 Å². The Hall–Kier alpha value is -3.13. The normalized spacial score (nSPS) is 11.9. The predicted octanol–water partition coefficient (Wildman–Crippen LogP) is 3.83. The fourth-order valence-electron chi connectivity index (χ4n) is 3.34. The average molecular weight is 437 g/mol. The lowest BCUT2D eigenvalue weighted by molar-refractivity contribution is -0.151. The highest BCUT2D eigenvalue weighted by Crippen LogP contribution is 2.23. The van der Waals surface area contributed by atoms with Crippen LogP contribution in [0.5, 0.6) is 0 Å². The summed E-state index contributed by atoms with van der Waals surface area (Å²) in [7, 11) is 0. The van der Waals surface area contributed by atoms with Crippen molar-refractivity contribution >= 4 is 34.4 Å². The molecular weight excluding hydrogens is 412 g/mol. The molecule has 0 saturated heterocycles. The van der Waals surface area contributed by atoms with Crippen LogP contribution in [0.1, 0.15) is 31.9 Å². The maximum Gasteiger partial charge on any atom is 0.316 e. The van der Waals surface area contributed by atoms with Crippen LogP contribution in [-0.2, 0) is 16.1 Å². The van der Waals surface area contributed by atoms with E-state index < -0.39 is 5.60 Å². The van der Waals surface area contributed by atoms with Crippen LogP contribution in [0.25, 0.3) is 16.7 Å². The summed E-state index contributed by atoms with van der Waals surface area (Å²) in [6, 6.07) is 15.4. The van der Waals surface area contributed by atoms with Gasteiger partial charge in [-0.2, -0.15) is 0 Å². The summed E-state index contributed by atoms with van der Waals surface area (Å²) in [6.45, 7) is 7.90. The lowest BCUT2D eigenvalue weighted by Gasteiger charge is -2.19. The molecule has 0 aliphatic heterocycles. The second-order valence-electron chi connectivity index (χ2n) is 8.39. The summed E-state index contributed by atoms with van der Waals surface area (Å²) in [5.74, 6) is 0.214. The van der Waals surface area contributed by atoms with Gasteiger partial charge in [0, 0.05) is 0 Å². The Labute approximate surface area is 184 Å². The number of ether oxygens (including phenoxy) is 1. The van der Waals surface area contributed by atoms with Crippen LogP contribution in [0, 0.1) is 6.92 Å². The average Bonchev–Trinajstić information content (AvgIpc) is 3.14. The van der Waals surface area contributed by atoms with Crippen molar-refractivity contribution in [2.45, 2.75) is 45.0 Å². The second kappa shape index (κ2) is 8.19. The molecule has 0 aliphatic rings. The van der Waals surface area contributed by atoms with Crippen molar-refractivity contribution in [2.24, 2.45) is 0 Å². The van der Waals surface area contributed by atoms with Crippen molar-refractivity contribution in [3.63, 3.8) is 0 Å². The summed E-state index contributed by atoms with van der Waals surface area (Å²) in [5, 5.41) is 9.69. The Morgan fingerprint density at radius 1 is 1.06 bits per heavy atom. The maximum absolute atomic E-state index is 13.2. The molecule has 0 spiro atoms. The Kier molecular flexibility index (Phi) is 5.58. The third-order valence-electron chi connectivity index (χ3n) is 4.68. The van der Waals surface area contributed by atoms with Gasteiger partial charge in [-0.1, -0.05) is 53.7 Å². The molecule has 160 valence electrons. The van der Waals surface area contributed by atoms with E-state index >= 15 is 0 Å². The standard InChI is InChI=1S/C23H24N4O3S/c1-15-9-11-16(12-10-15)13-26-20(29)17-7-5-6-8-18(17)27-21(26)24-25-22(27)31-14-19(28)30-23(2,3)4/h5-12H,13-14H2,1-4H3. The topological polar surface area (TPSA) is 78.5 Å². The van der Waals surface area contributed by atoms with Gasteiger partial charge in [-0.25, -0.2) is 0 Å². The third-order valence-corrected chi connectivity index (χ3v) is 5.58. The van der Waals surface area contributed by atoms with Gasteiger partial charge in [0.15, 0.2) is 5.16 Å². The SMILES string of the molecule is Cc1ccc(Cn2c(=O)c3ccccc3n3c(SCC(=O)OC(C)(C)C)nnc23)cc1. The molecule has 4 rings (SSSR count). The van der Waals surface area contributed by atoms with E-state index in [2.05, 4.69) is 10.2 Å². The Morgan fingerprint density at radius 2 is 1.77 bits per heavy atom. The zero-order chi connectivity index (χ0) is 22.2. The number of aromatic nitrogens is 4. The van der Waals surface area contributed by atoms with E-state index in [-0.39, 0.29) is 17.3 Å². The minimum Gasteiger partial charge on any atom is -0.459 e. The van der Waals surface area contributed by atoms with E-state index in [1.165, 1.54) is 11.8 Å². The number of nitrogens with zero attached hydrogens (tertiary/aromatic N) is 4. The molecule has 0 amide bonds. The smallest absolute Gasteiger partial charge is 0.316 e. The monoisotopic (exact) mass is 436 g/mol. The fourth-order valence-corrected chi connectivity index (χ4v) is 4.05. The number of fused-ring (bicyclic) bond motifs is 3. The van der Waals surface area contributed by atoms with Crippen molar-refractivity contribution in [3.8, 4) is 0 Å². The number of thioether (sulfide) groups is 1. The molecule has 0 aliphatic carbocycles. The first-order valence-electron chi connectivity index (χ1n) is 10.00. The molecule has 0 N–H and O–H groups in total. The van der Waals surface area contributed by atoms with Crippen LogP contribution in [0.2, 0.25) is 0 Å². The van der Waals surface area contributed by atoms with Gasteiger partial charge < -0.3 is 4.74 Å². The molecule has 4 aromatic rings. The molecule has 7 nitrogen and oxygen atoms in total. The minimum absolute atomic E-state index is 0.101. The molecular formula is C23H24N4O3S. The minimum atomic E-state index is -0.550. The maximum atomic E-state index is 13.2. The number of esters is 1. The number of carbonyl (C=O) groups is 1. The predicted molar refractivity (Wildman–Crippen MR) is 122 cm³/mol. The van der Waals surface area contributed by atoms with Crippen molar-refractivity contribution in [3.05, 3.63) is 70.0 Å². The molecule has 0 bridgehead atoms. The summed E-state index contributed by atoms with van der Waals surface area (Å²) in [6.07, 6.45) is 0. The Balaban J connectivity index is 1.78. The van der Waals surface area contributed by atoms with E-state index in [0.717, 1.165) is 11.1 Å². The van der Waals surface area contributed by atoms with Crippen molar-refractivity contribution in [1.82, 2.24) is 19.2 Å². The Morgan fingerprint density at radius 3 is 2.48 bits per heavy atom. The first-order chi connectivity index (χ1) is 14.7. The number of hydrogen-bond acceptors (Lipinski definition) is 6. The van der Waals surface area contributed by atoms with Gasteiger partial charge in [0.1, 0.15) is 5.60 Å². The quantitative estimate of drug-likeness (QED) is 0.349. The summed E-state index contributed by atoms with van der Waals surface area (Å²) < 4.78 is 8.85. The summed E-state index contributed by atoms with van der Waals surface area (Å²) in [5.41, 5.74) is 2.18. The van der Waals surface area contributed by atoms with E-state index in [1.54, 1.807) is 10.6 Å².